The van der Waals surface area contributed by atoms with Crippen LogP contribution >= 0.6 is 0 Å². The molecular weight excluding hydrogens is 396 g/mol. The first-order chi connectivity index (χ1) is 15.1. The average Bonchev–Trinajstić information content (AvgIpc) is 3.49. The van der Waals surface area contributed by atoms with E-state index in [1.165, 1.54) is 6.42 Å². The van der Waals surface area contributed by atoms with Gasteiger partial charge in [-0.2, -0.15) is 4.98 Å². The first-order valence-electron chi connectivity index (χ1n) is 10.9. The lowest BCUT2D eigenvalue weighted by molar-refractivity contribution is -0.183. The van der Waals surface area contributed by atoms with Crippen LogP contribution < -0.4 is 4.90 Å². The minimum absolute atomic E-state index is 0.0607. The average molecular weight is 425 g/mol. The van der Waals surface area contributed by atoms with Crippen LogP contribution in [0.15, 0.2) is 6.20 Å². The summed E-state index contributed by atoms with van der Waals surface area (Å²) in [5, 5.41) is 9.14. The molecule has 2 saturated heterocycles. The summed E-state index contributed by atoms with van der Waals surface area (Å²) >= 11 is 0. The van der Waals surface area contributed by atoms with Crippen molar-refractivity contribution in [3.05, 3.63) is 29.2 Å². The molecule has 0 N–H and O–H groups in total. The second kappa shape index (κ2) is 8.35. The molecule has 0 spiro atoms. The van der Waals surface area contributed by atoms with Gasteiger partial charge in [-0.15, -0.1) is 10.2 Å². The predicted octanol–water partition coefficient (Wildman–Crippen LogP) is 2.16. The van der Waals surface area contributed by atoms with Crippen molar-refractivity contribution in [3.63, 3.8) is 0 Å². The largest absolute Gasteiger partial charge is 0.353 e. The summed E-state index contributed by atoms with van der Waals surface area (Å²) < 4.78 is 15.4. The maximum Gasteiger partial charge on any atom is 0.245 e. The van der Waals surface area contributed by atoms with Gasteiger partial charge in [0, 0.05) is 26.7 Å². The highest BCUT2D eigenvalue weighted by Crippen LogP contribution is 2.23. The molecule has 0 aliphatic carbocycles. The fourth-order valence-corrected chi connectivity index (χ4v) is 4.01. The lowest BCUT2D eigenvalue weighted by Gasteiger charge is -2.25. The fraction of sp³-hybridized carbons (Fsp3) is 0.571. The molecule has 2 aliphatic heterocycles. The van der Waals surface area contributed by atoms with E-state index in [0.29, 0.717) is 5.82 Å². The van der Waals surface area contributed by atoms with Crippen LogP contribution in [0.5, 0.6) is 0 Å². The van der Waals surface area contributed by atoms with Crippen LogP contribution in [-0.4, -0.2) is 66.4 Å². The number of ether oxygens (including phenoxy) is 2. The summed E-state index contributed by atoms with van der Waals surface area (Å²) in [4.78, 5) is 15.7. The van der Waals surface area contributed by atoms with Gasteiger partial charge in [0.05, 0.1) is 23.7 Å². The molecule has 0 aromatic carbocycles. The van der Waals surface area contributed by atoms with E-state index in [1.54, 1.807) is 10.9 Å². The lowest BCUT2D eigenvalue weighted by atomic mass is 10.2. The third-order valence-electron chi connectivity index (χ3n) is 5.94. The van der Waals surface area contributed by atoms with Crippen LogP contribution in [0.1, 0.15) is 48.7 Å². The molecule has 2 atom stereocenters. The highest BCUT2D eigenvalue weighted by molar-refractivity contribution is 5.64. The summed E-state index contributed by atoms with van der Waals surface area (Å²) in [7, 11) is 1.89. The lowest BCUT2D eigenvalue weighted by Crippen LogP contribution is -2.30. The van der Waals surface area contributed by atoms with E-state index in [1.807, 2.05) is 37.6 Å². The summed E-state index contributed by atoms with van der Waals surface area (Å²) in [5.41, 5.74) is 2.65. The van der Waals surface area contributed by atoms with Crippen molar-refractivity contribution in [1.82, 2.24) is 34.3 Å². The predicted molar refractivity (Wildman–Crippen MR) is 115 cm³/mol. The standard InChI is InChI=1S/C21H28N8O2/c1-14-15(2)29-19(12-22-14)23-17(25-29)7-8-18-24-21(26-27(18)3)28-10-9-16(13-28)31-20-6-4-5-11-30-20/h7-8,12,16,20H,4-6,9-11,13H2,1-3H3. The van der Waals surface area contributed by atoms with Crippen molar-refractivity contribution < 1.29 is 9.47 Å². The molecular formula is C21H28N8O2. The third kappa shape index (κ3) is 4.17. The number of hydrogen-bond acceptors (Lipinski definition) is 8. The normalized spacial score (nSPS) is 22.2. The Morgan fingerprint density at radius 3 is 2.87 bits per heavy atom. The number of hydrogen-bond donors (Lipinski definition) is 0. The van der Waals surface area contributed by atoms with E-state index in [0.717, 1.165) is 67.8 Å². The fourth-order valence-electron chi connectivity index (χ4n) is 4.01. The van der Waals surface area contributed by atoms with Crippen LogP contribution in [0.2, 0.25) is 0 Å². The summed E-state index contributed by atoms with van der Waals surface area (Å²) in [6.45, 7) is 6.41. The van der Waals surface area contributed by atoms with Crippen molar-refractivity contribution >= 4 is 23.7 Å². The van der Waals surface area contributed by atoms with E-state index in [-0.39, 0.29) is 12.4 Å². The summed E-state index contributed by atoms with van der Waals surface area (Å²) in [6, 6.07) is 0. The zero-order valence-corrected chi connectivity index (χ0v) is 18.2. The van der Waals surface area contributed by atoms with Gasteiger partial charge in [0.2, 0.25) is 5.95 Å². The quantitative estimate of drug-likeness (QED) is 0.615. The molecule has 10 heteroatoms. The van der Waals surface area contributed by atoms with Gasteiger partial charge in [-0.3, -0.25) is 4.98 Å². The van der Waals surface area contributed by atoms with Gasteiger partial charge in [0.1, 0.15) is 0 Å². The molecule has 31 heavy (non-hydrogen) atoms. The Morgan fingerprint density at radius 2 is 2.03 bits per heavy atom. The molecule has 0 radical (unpaired) electrons. The number of aromatic nitrogens is 7. The molecule has 5 heterocycles. The van der Waals surface area contributed by atoms with Gasteiger partial charge in [0.15, 0.2) is 23.6 Å². The van der Waals surface area contributed by atoms with Crippen molar-refractivity contribution in [2.45, 2.75) is 51.9 Å². The van der Waals surface area contributed by atoms with Crippen molar-refractivity contribution in [1.29, 1.82) is 0 Å². The van der Waals surface area contributed by atoms with Crippen LogP contribution in [0, 0.1) is 13.8 Å². The van der Waals surface area contributed by atoms with E-state index in [2.05, 4.69) is 25.1 Å². The van der Waals surface area contributed by atoms with Gasteiger partial charge < -0.3 is 14.4 Å². The van der Waals surface area contributed by atoms with Crippen LogP contribution in [-0.2, 0) is 16.5 Å². The van der Waals surface area contributed by atoms with E-state index < -0.39 is 0 Å². The van der Waals surface area contributed by atoms with E-state index in [9.17, 15) is 0 Å². The second-order valence-corrected chi connectivity index (χ2v) is 8.18. The molecule has 10 nitrogen and oxygen atoms in total. The topological polar surface area (TPSA) is 95.5 Å². The Hall–Kier alpha value is -2.85. The van der Waals surface area contributed by atoms with Gasteiger partial charge in [-0.05, 0) is 51.7 Å². The molecule has 3 aromatic rings. The van der Waals surface area contributed by atoms with E-state index >= 15 is 0 Å². The number of rotatable bonds is 5. The molecule has 3 aromatic heterocycles. The Bertz CT molecular complexity index is 1100. The Balaban J connectivity index is 1.26. The first kappa shape index (κ1) is 20.1. The zero-order valence-electron chi connectivity index (χ0n) is 18.2. The molecule has 5 rings (SSSR count). The molecule has 2 unspecified atom stereocenters. The van der Waals surface area contributed by atoms with Gasteiger partial charge in [0.25, 0.3) is 0 Å². The Labute approximate surface area is 180 Å². The number of anilines is 1. The smallest absolute Gasteiger partial charge is 0.245 e. The maximum absolute atomic E-state index is 6.13. The SMILES string of the molecule is Cc1ncc2nc(C=Cc3nc(N4CCC(OC5CCCCO5)C4)nn3C)nn2c1C. The molecule has 0 amide bonds. The molecule has 164 valence electrons. The number of fused-ring (bicyclic) bond motifs is 1. The highest BCUT2D eigenvalue weighted by atomic mass is 16.7. The second-order valence-electron chi connectivity index (χ2n) is 8.18. The minimum atomic E-state index is -0.0607. The van der Waals surface area contributed by atoms with Gasteiger partial charge >= 0.3 is 0 Å². The maximum atomic E-state index is 6.13. The first-order valence-corrected chi connectivity index (χ1v) is 10.9. The van der Waals surface area contributed by atoms with Gasteiger partial charge in [-0.1, -0.05) is 0 Å². The zero-order chi connectivity index (χ0) is 21.4. The molecule has 0 bridgehead atoms. The van der Waals surface area contributed by atoms with Crippen LogP contribution in [0.25, 0.3) is 17.8 Å². The molecule has 2 fully saturated rings. The minimum Gasteiger partial charge on any atom is -0.353 e. The monoisotopic (exact) mass is 424 g/mol. The Morgan fingerprint density at radius 1 is 1.13 bits per heavy atom. The number of aryl methyl sites for hydroxylation is 3. The van der Waals surface area contributed by atoms with Crippen LogP contribution in [0.3, 0.4) is 0 Å². The van der Waals surface area contributed by atoms with Crippen molar-refractivity contribution in [2.24, 2.45) is 7.05 Å². The molecule has 2 aliphatic rings. The summed E-state index contributed by atoms with van der Waals surface area (Å²) in [5.74, 6) is 2.08. The summed E-state index contributed by atoms with van der Waals surface area (Å²) in [6.07, 6.45) is 9.83. The third-order valence-corrected chi connectivity index (χ3v) is 5.94. The Kier molecular flexibility index (Phi) is 5.41. The highest BCUT2D eigenvalue weighted by Gasteiger charge is 2.29. The molecule has 0 saturated carbocycles. The number of nitrogens with zero attached hydrogens (tertiary/aromatic N) is 8. The van der Waals surface area contributed by atoms with E-state index in [4.69, 9.17) is 14.5 Å². The van der Waals surface area contributed by atoms with Crippen LogP contribution in [0.4, 0.5) is 5.95 Å². The van der Waals surface area contributed by atoms with Gasteiger partial charge in [-0.25, -0.2) is 14.2 Å². The van der Waals surface area contributed by atoms with Crippen molar-refractivity contribution in [2.75, 3.05) is 24.6 Å². The van der Waals surface area contributed by atoms with Crippen molar-refractivity contribution in [3.8, 4) is 0 Å².